The van der Waals surface area contributed by atoms with Gasteiger partial charge in [-0.05, 0) is 53.6 Å². The van der Waals surface area contributed by atoms with Crippen LogP contribution in [0, 0.1) is 17.2 Å². The number of ether oxygens (including phenoxy) is 1. The van der Waals surface area contributed by atoms with Crippen molar-refractivity contribution in [2.75, 3.05) is 6.61 Å². The van der Waals surface area contributed by atoms with Crippen LogP contribution in [-0.2, 0) is 19.7 Å². The maximum atomic E-state index is 12.6. The van der Waals surface area contributed by atoms with Crippen molar-refractivity contribution in [1.29, 1.82) is 5.26 Å². The topological polar surface area (TPSA) is 87.4 Å². The van der Waals surface area contributed by atoms with Crippen LogP contribution in [0.1, 0.15) is 45.1 Å². The summed E-state index contributed by atoms with van der Waals surface area (Å²) in [6.45, 7) is 3.90. The number of nitrogens with zero attached hydrogens (tertiary/aromatic N) is 1. The molecule has 0 heterocycles. The molecular formula is C28H29NO4. The van der Waals surface area contributed by atoms with Crippen LogP contribution in [0.2, 0.25) is 0 Å². The maximum Gasteiger partial charge on any atom is 0.308 e. The SMILES string of the molecule is CCOC(=O)C(CC)CC(C#N)(CCC(=O)O)c1ccccc1-c1cccc2ccccc12. The maximum absolute atomic E-state index is 12.6. The minimum absolute atomic E-state index is 0.108. The molecule has 0 saturated carbocycles. The number of carboxylic acid groups (broad SMARTS) is 1. The summed E-state index contributed by atoms with van der Waals surface area (Å²) in [6, 6.07) is 24.1. The predicted molar refractivity (Wildman–Crippen MR) is 129 cm³/mol. The summed E-state index contributed by atoms with van der Waals surface area (Å²) in [6.07, 6.45) is 0.646. The van der Waals surface area contributed by atoms with Crippen molar-refractivity contribution in [3.8, 4) is 17.2 Å². The summed E-state index contributed by atoms with van der Waals surface area (Å²) in [5.74, 6) is -1.82. The van der Waals surface area contributed by atoms with E-state index in [-0.39, 0.29) is 31.8 Å². The largest absolute Gasteiger partial charge is 0.481 e. The Morgan fingerprint density at radius 3 is 2.36 bits per heavy atom. The van der Waals surface area contributed by atoms with Crippen molar-refractivity contribution in [3.05, 3.63) is 72.3 Å². The summed E-state index contributed by atoms with van der Waals surface area (Å²) in [7, 11) is 0. The highest BCUT2D eigenvalue weighted by atomic mass is 16.5. The Bertz CT molecular complexity index is 1170. The molecule has 0 aliphatic carbocycles. The van der Waals surface area contributed by atoms with Gasteiger partial charge in [0.2, 0.25) is 0 Å². The highest BCUT2D eigenvalue weighted by molar-refractivity contribution is 5.97. The summed E-state index contributed by atoms with van der Waals surface area (Å²) in [5, 5.41) is 22.0. The average molecular weight is 444 g/mol. The van der Waals surface area contributed by atoms with Crippen molar-refractivity contribution < 1.29 is 19.4 Å². The molecule has 3 aromatic carbocycles. The molecule has 170 valence electrons. The average Bonchev–Trinajstić information content (AvgIpc) is 2.84. The first-order valence-electron chi connectivity index (χ1n) is 11.3. The molecule has 0 bridgehead atoms. The minimum Gasteiger partial charge on any atom is -0.481 e. The molecule has 0 aliphatic rings. The van der Waals surface area contributed by atoms with Gasteiger partial charge in [0, 0.05) is 6.42 Å². The molecule has 0 amide bonds. The Morgan fingerprint density at radius 2 is 1.67 bits per heavy atom. The van der Waals surface area contributed by atoms with Crippen LogP contribution in [0.25, 0.3) is 21.9 Å². The van der Waals surface area contributed by atoms with Crippen LogP contribution < -0.4 is 0 Å². The van der Waals surface area contributed by atoms with Crippen molar-refractivity contribution in [3.63, 3.8) is 0 Å². The van der Waals surface area contributed by atoms with Gasteiger partial charge in [-0.15, -0.1) is 0 Å². The number of rotatable bonds is 10. The van der Waals surface area contributed by atoms with Gasteiger partial charge >= 0.3 is 11.9 Å². The van der Waals surface area contributed by atoms with Crippen molar-refractivity contribution in [2.24, 2.45) is 5.92 Å². The van der Waals surface area contributed by atoms with E-state index in [2.05, 4.69) is 6.07 Å². The second-order valence-electron chi connectivity index (χ2n) is 8.22. The van der Waals surface area contributed by atoms with Gasteiger partial charge < -0.3 is 9.84 Å². The Hall–Kier alpha value is -3.65. The first kappa shape index (κ1) is 24.0. The molecule has 3 aromatic rings. The number of hydrogen-bond donors (Lipinski definition) is 1. The normalized spacial score (nSPS) is 13.6. The molecule has 0 radical (unpaired) electrons. The van der Waals surface area contributed by atoms with E-state index in [1.165, 1.54) is 0 Å². The van der Waals surface area contributed by atoms with E-state index in [1.54, 1.807) is 6.92 Å². The van der Waals surface area contributed by atoms with Gasteiger partial charge in [-0.3, -0.25) is 9.59 Å². The molecule has 2 unspecified atom stereocenters. The number of carbonyl (C=O) groups is 2. The zero-order valence-electron chi connectivity index (χ0n) is 19.1. The second kappa shape index (κ2) is 10.8. The van der Waals surface area contributed by atoms with E-state index in [9.17, 15) is 20.0 Å². The number of hydrogen-bond acceptors (Lipinski definition) is 4. The smallest absolute Gasteiger partial charge is 0.308 e. The lowest BCUT2D eigenvalue weighted by atomic mass is 9.69. The number of fused-ring (bicyclic) bond motifs is 1. The number of benzene rings is 3. The molecule has 33 heavy (non-hydrogen) atoms. The van der Waals surface area contributed by atoms with Crippen LogP contribution >= 0.6 is 0 Å². The molecule has 5 heteroatoms. The number of aliphatic carboxylic acids is 1. The fourth-order valence-electron chi connectivity index (χ4n) is 4.50. The number of carboxylic acids is 1. The van der Waals surface area contributed by atoms with Gasteiger partial charge in [-0.2, -0.15) is 5.26 Å². The molecule has 0 aliphatic heterocycles. The third-order valence-electron chi connectivity index (χ3n) is 6.21. The molecule has 5 nitrogen and oxygen atoms in total. The Balaban J connectivity index is 2.20. The number of carbonyl (C=O) groups excluding carboxylic acids is 1. The van der Waals surface area contributed by atoms with E-state index in [4.69, 9.17) is 4.74 Å². The molecule has 0 fully saturated rings. The van der Waals surface area contributed by atoms with Crippen LogP contribution in [-0.4, -0.2) is 23.7 Å². The standard InChI is InChI=1S/C28H29NO4/c1-3-20(27(32)33-4-2)18-28(19-29,17-16-26(30)31)25-15-8-7-13-24(25)23-14-9-11-21-10-5-6-12-22(21)23/h5-15,20H,3-4,16-18H2,1-2H3,(H,30,31). The molecular weight excluding hydrogens is 414 g/mol. The minimum atomic E-state index is -1.15. The van der Waals surface area contributed by atoms with Crippen molar-refractivity contribution in [1.82, 2.24) is 0 Å². The zero-order valence-corrected chi connectivity index (χ0v) is 19.1. The van der Waals surface area contributed by atoms with Crippen LogP contribution in [0.3, 0.4) is 0 Å². The van der Waals surface area contributed by atoms with E-state index in [0.717, 1.165) is 27.5 Å². The molecule has 0 saturated heterocycles. The molecule has 2 atom stereocenters. The van der Waals surface area contributed by atoms with Gasteiger partial charge in [0.1, 0.15) is 0 Å². The van der Waals surface area contributed by atoms with Crippen LogP contribution in [0.4, 0.5) is 0 Å². The first-order valence-corrected chi connectivity index (χ1v) is 11.3. The van der Waals surface area contributed by atoms with Crippen molar-refractivity contribution >= 4 is 22.7 Å². The van der Waals surface area contributed by atoms with Crippen LogP contribution in [0.15, 0.2) is 66.7 Å². The molecule has 1 N–H and O–H groups in total. The first-order chi connectivity index (χ1) is 16.0. The summed E-state index contributed by atoms with van der Waals surface area (Å²) in [5.41, 5.74) is 1.44. The van der Waals surface area contributed by atoms with E-state index in [1.807, 2.05) is 73.7 Å². The third kappa shape index (κ3) is 5.23. The Labute approximate surface area is 194 Å². The summed E-state index contributed by atoms with van der Waals surface area (Å²) in [4.78, 5) is 24.1. The fraction of sp³-hybridized carbons (Fsp3) is 0.321. The second-order valence-corrected chi connectivity index (χ2v) is 8.22. The fourth-order valence-corrected chi connectivity index (χ4v) is 4.50. The van der Waals surface area contributed by atoms with E-state index in [0.29, 0.717) is 6.42 Å². The Kier molecular flexibility index (Phi) is 7.84. The van der Waals surface area contributed by atoms with Gasteiger partial charge in [-0.1, -0.05) is 73.7 Å². The van der Waals surface area contributed by atoms with Crippen LogP contribution in [0.5, 0.6) is 0 Å². The van der Waals surface area contributed by atoms with Crippen molar-refractivity contribution in [2.45, 2.75) is 44.9 Å². The summed E-state index contributed by atoms with van der Waals surface area (Å²) >= 11 is 0. The molecule has 0 aromatic heterocycles. The molecule has 3 rings (SSSR count). The lowest BCUT2D eigenvalue weighted by Gasteiger charge is -2.32. The highest BCUT2D eigenvalue weighted by Gasteiger charge is 2.39. The quantitative estimate of drug-likeness (QED) is 0.382. The van der Waals surface area contributed by atoms with Gasteiger partial charge in [0.05, 0.1) is 24.0 Å². The number of nitriles is 1. The highest BCUT2D eigenvalue weighted by Crippen LogP contribution is 2.43. The lowest BCUT2D eigenvalue weighted by molar-refractivity contribution is -0.148. The third-order valence-corrected chi connectivity index (χ3v) is 6.21. The monoisotopic (exact) mass is 443 g/mol. The van der Waals surface area contributed by atoms with Gasteiger partial charge in [0.25, 0.3) is 0 Å². The van der Waals surface area contributed by atoms with E-state index >= 15 is 0 Å². The van der Waals surface area contributed by atoms with E-state index < -0.39 is 17.3 Å². The molecule has 0 spiro atoms. The Morgan fingerprint density at radius 1 is 1.00 bits per heavy atom. The van der Waals surface area contributed by atoms with Gasteiger partial charge in [0.15, 0.2) is 0 Å². The zero-order chi connectivity index (χ0) is 23.8. The number of esters is 1. The lowest BCUT2D eigenvalue weighted by Crippen LogP contribution is -2.32. The van der Waals surface area contributed by atoms with Gasteiger partial charge in [-0.25, -0.2) is 0 Å². The predicted octanol–water partition coefficient (Wildman–Crippen LogP) is 6.11. The summed E-state index contributed by atoms with van der Waals surface area (Å²) < 4.78 is 5.25.